The molecule has 0 unspecified atom stereocenters. The number of hydrogen-bond acceptors (Lipinski definition) is 2. The van der Waals surface area contributed by atoms with Crippen molar-refractivity contribution in [3.05, 3.63) is 32.9 Å². The second-order valence-electron chi connectivity index (χ2n) is 5.10. The van der Waals surface area contributed by atoms with E-state index in [2.05, 4.69) is 10.2 Å². The minimum atomic E-state index is -0.435. The molecule has 5 heteroatoms. The zero-order valence-corrected chi connectivity index (χ0v) is 13.2. The van der Waals surface area contributed by atoms with Crippen LogP contribution in [0.15, 0.2) is 12.1 Å². The van der Waals surface area contributed by atoms with Gasteiger partial charge in [-0.3, -0.25) is 4.90 Å². The number of hydrogen-bond donors (Lipinski definition) is 1. The Labute approximate surface area is 126 Å². The van der Waals surface area contributed by atoms with Gasteiger partial charge in [0.2, 0.25) is 0 Å². The maximum absolute atomic E-state index is 13.9. The third-order valence-electron chi connectivity index (χ3n) is 3.72. The minimum Gasteiger partial charge on any atom is -0.319 e. The van der Waals surface area contributed by atoms with Gasteiger partial charge in [0.1, 0.15) is 11.6 Å². The van der Waals surface area contributed by atoms with E-state index in [4.69, 9.17) is 0 Å². The van der Waals surface area contributed by atoms with Crippen molar-refractivity contribution in [1.29, 1.82) is 0 Å². The summed E-state index contributed by atoms with van der Waals surface area (Å²) in [5.74, 6) is -0.153. The van der Waals surface area contributed by atoms with Gasteiger partial charge >= 0.3 is 0 Å². The molecule has 1 heterocycles. The van der Waals surface area contributed by atoms with Crippen LogP contribution >= 0.6 is 22.6 Å². The Bertz CT molecular complexity index is 432. The van der Waals surface area contributed by atoms with Crippen LogP contribution in [0.1, 0.15) is 18.4 Å². The Balaban J connectivity index is 1.98. The molecule has 1 aromatic carbocycles. The van der Waals surface area contributed by atoms with Crippen LogP contribution in [0.25, 0.3) is 0 Å². The summed E-state index contributed by atoms with van der Waals surface area (Å²) in [6, 6.07) is 2.84. The van der Waals surface area contributed by atoms with Gasteiger partial charge in [-0.1, -0.05) is 0 Å². The number of nitrogens with zero attached hydrogens (tertiary/aromatic N) is 1. The van der Waals surface area contributed by atoms with E-state index in [1.165, 1.54) is 12.1 Å². The van der Waals surface area contributed by atoms with Gasteiger partial charge in [0.15, 0.2) is 0 Å². The van der Waals surface area contributed by atoms with Gasteiger partial charge in [-0.25, -0.2) is 8.78 Å². The van der Waals surface area contributed by atoms with Gasteiger partial charge in [0.05, 0.1) is 0 Å². The molecule has 1 aliphatic heterocycles. The molecule has 1 aromatic rings. The van der Waals surface area contributed by atoms with Gasteiger partial charge in [-0.15, -0.1) is 0 Å². The van der Waals surface area contributed by atoms with Gasteiger partial charge < -0.3 is 5.32 Å². The number of nitrogens with one attached hydrogen (secondary N) is 1. The summed E-state index contributed by atoms with van der Waals surface area (Å²) in [5.41, 5.74) is 0.207. The molecule has 0 spiro atoms. The Morgan fingerprint density at radius 1 is 1.32 bits per heavy atom. The van der Waals surface area contributed by atoms with E-state index in [9.17, 15) is 8.78 Å². The van der Waals surface area contributed by atoms with Gasteiger partial charge in [0.25, 0.3) is 0 Å². The van der Waals surface area contributed by atoms with Crippen molar-refractivity contribution < 1.29 is 8.78 Å². The average molecular weight is 380 g/mol. The van der Waals surface area contributed by atoms with Gasteiger partial charge in [-0.05, 0) is 80.2 Å². The zero-order chi connectivity index (χ0) is 13.8. The van der Waals surface area contributed by atoms with Crippen molar-refractivity contribution in [3.63, 3.8) is 0 Å². The lowest BCUT2D eigenvalue weighted by Gasteiger charge is -2.32. The first kappa shape index (κ1) is 15.1. The summed E-state index contributed by atoms with van der Waals surface area (Å²) in [6.45, 7) is 3.23. The zero-order valence-electron chi connectivity index (χ0n) is 11.1. The monoisotopic (exact) mass is 380 g/mol. The SMILES string of the molecule is CNCC1CCN(Cc2c(F)ccc(I)c2F)CC1. The summed E-state index contributed by atoms with van der Waals surface area (Å²) in [7, 11) is 1.96. The molecule has 1 fully saturated rings. The Morgan fingerprint density at radius 2 is 2.00 bits per heavy atom. The Morgan fingerprint density at radius 3 is 2.63 bits per heavy atom. The maximum Gasteiger partial charge on any atom is 0.143 e. The molecule has 0 amide bonds. The van der Waals surface area contributed by atoms with Crippen LogP contribution in [0.3, 0.4) is 0 Å². The lowest BCUT2D eigenvalue weighted by atomic mass is 9.96. The van der Waals surface area contributed by atoms with Crippen molar-refractivity contribution in [2.45, 2.75) is 19.4 Å². The van der Waals surface area contributed by atoms with Gasteiger partial charge in [0, 0.05) is 15.7 Å². The molecule has 1 aliphatic rings. The van der Waals surface area contributed by atoms with Crippen LogP contribution in [0, 0.1) is 21.1 Å². The van der Waals surface area contributed by atoms with Crippen molar-refractivity contribution in [3.8, 4) is 0 Å². The molecule has 0 aromatic heterocycles. The molecule has 106 valence electrons. The molecule has 1 N–H and O–H groups in total. The smallest absolute Gasteiger partial charge is 0.143 e. The van der Waals surface area contributed by atoms with E-state index in [0.717, 1.165) is 32.5 Å². The number of rotatable bonds is 4. The predicted molar refractivity (Wildman–Crippen MR) is 81.0 cm³/mol. The fourth-order valence-electron chi connectivity index (χ4n) is 2.57. The number of piperidine rings is 1. The normalized spacial score (nSPS) is 17.9. The molecule has 19 heavy (non-hydrogen) atoms. The molecule has 0 radical (unpaired) electrons. The summed E-state index contributed by atoms with van der Waals surface area (Å²) in [6.07, 6.45) is 2.18. The highest BCUT2D eigenvalue weighted by molar-refractivity contribution is 14.1. The summed E-state index contributed by atoms with van der Waals surface area (Å²) < 4.78 is 28.1. The standard InChI is InChI=1S/C14H19F2IN2/c1-18-8-10-4-6-19(7-5-10)9-11-12(15)2-3-13(17)14(11)16/h2-3,10,18H,4-9H2,1H3. The Kier molecular flexibility index (Phi) is 5.53. The van der Waals surface area contributed by atoms with Crippen molar-refractivity contribution in [1.82, 2.24) is 10.2 Å². The quantitative estimate of drug-likeness (QED) is 0.638. The van der Waals surface area contributed by atoms with Crippen LogP contribution in [0.2, 0.25) is 0 Å². The van der Waals surface area contributed by atoms with E-state index in [1.54, 1.807) is 0 Å². The highest BCUT2D eigenvalue weighted by atomic mass is 127. The summed E-state index contributed by atoms with van der Waals surface area (Å²) in [5, 5.41) is 3.19. The highest BCUT2D eigenvalue weighted by Gasteiger charge is 2.21. The number of halogens is 3. The lowest BCUT2D eigenvalue weighted by molar-refractivity contribution is 0.173. The molecule has 0 aliphatic carbocycles. The molecule has 0 saturated carbocycles. The molecule has 2 rings (SSSR count). The molecule has 2 nitrogen and oxygen atoms in total. The first-order valence-electron chi connectivity index (χ1n) is 6.61. The molecular formula is C14H19F2IN2. The largest absolute Gasteiger partial charge is 0.319 e. The van der Waals surface area contributed by atoms with Crippen molar-refractivity contribution in [2.24, 2.45) is 5.92 Å². The second kappa shape index (κ2) is 6.95. The third-order valence-corrected chi connectivity index (χ3v) is 4.55. The van der Waals surface area contributed by atoms with Crippen LogP contribution in [-0.4, -0.2) is 31.6 Å². The second-order valence-corrected chi connectivity index (χ2v) is 6.26. The van der Waals surface area contributed by atoms with Crippen LogP contribution in [0.5, 0.6) is 0 Å². The first-order chi connectivity index (χ1) is 9.11. The van der Waals surface area contributed by atoms with Gasteiger partial charge in [-0.2, -0.15) is 0 Å². The average Bonchev–Trinajstić information content (AvgIpc) is 2.41. The first-order valence-corrected chi connectivity index (χ1v) is 7.69. The van der Waals surface area contributed by atoms with Crippen LogP contribution < -0.4 is 5.32 Å². The minimum absolute atomic E-state index is 0.207. The number of benzene rings is 1. The maximum atomic E-state index is 13.9. The third kappa shape index (κ3) is 3.86. The predicted octanol–water partition coefficient (Wildman–Crippen LogP) is 3.00. The van der Waals surface area contributed by atoms with E-state index >= 15 is 0 Å². The topological polar surface area (TPSA) is 15.3 Å². The fourth-order valence-corrected chi connectivity index (χ4v) is 3.08. The van der Waals surface area contributed by atoms with Crippen molar-refractivity contribution in [2.75, 3.05) is 26.7 Å². The summed E-state index contributed by atoms with van der Waals surface area (Å²) in [4.78, 5) is 2.14. The van der Waals surface area contributed by atoms with E-state index in [0.29, 0.717) is 16.0 Å². The molecule has 0 bridgehead atoms. The van der Waals surface area contributed by atoms with E-state index in [1.807, 2.05) is 29.6 Å². The molecule has 0 atom stereocenters. The highest BCUT2D eigenvalue weighted by Crippen LogP contribution is 2.23. The molecule has 1 saturated heterocycles. The van der Waals surface area contributed by atoms with E-state index in [-0.39, 0.29) is 5.56 Å². The van der Waals surface area contributed by atoms with Crippen LogP contribution in [0.4, 0.5) is 8.78 Å². The number of likely N-dealkylation sites (tertiary alicyclic amines) is 1. The fraction of sp³-hybridized carbons (Fsp3) is 0.571. The van der Waals surface area contributed by atoms with Crippen molar-refractivity contribution >= 4 is 22.6 Å². The summed E-state index contributed by atoms with van der Waals surface area (Å²) >= 11 is 1.91. The van der Waals surface area contributed by atoms with Crippen LogP contribution in [-0.2, 0) is 6.54 Å². The molecular weight excluding hydrogens is 361 g/mol. The Hall–Kier alpha value is -0.270. The lowest BCUT2D eigenvalue weighted by Crippen LogP contribution is -2.36. The van der Waals surface area contributed by atoms with E-state index < -0.39 is 11.6 Å².